The number of carbonyl (C=O) groups is 2. The molecule has 2 amide bonds. The summed E-state index contributed by atoms with van der Waals surface area (Å²) in [7, 11) is 0. The lowest BCUT2D eigenvalue weighted by atomic mass is 9.96. The first kappa shape index (κ1) is 17.7. The van der Waals surface area contributed by atoms with Gasteiger partial charge in [0.25, 0.3) is 5.91 Å². The van der Waals surface area contributed by atoms with E-state index >= 15 is 0 Å². The Labute approximate surface area is 144 Å². The van der Waals surface area contributed by atoms with Crippen molar-refractivity contribution < 1.29 is 14.3 Å². The second-order valence-corrected chi connectivity index (χ2v) is 6.77. The Kier molecular flexibility index (Phi) is 6.01. The number of nitrogens with one attached hydrogen (secondary N) is 1. The number of amides is 2. The predicted molar refractivity (Wildman–Crippen MR) is 90.9 cm³/mol. The monoisotopic (exact) mass is 383 g/mol. The Balaban J connectivity index is 2.10. The molecule has 0 aromatic heterocycles. The highest BCUT2D eigenvalue weighted by atomic mass is 79.9. The molecule has 7 heteroatoms. The van der Waals surface area contributed by atoms with Gasteiger partial charge in [-0.15, -0.1) is 0 Å². The van der Waals surface area contributed by atoms with E-state index in [2.05, 4.69) is 21.4 Å². The van der Waals surface area contributed by atoms with Crippen LogP contribution in [0.15, 0.2) is 22.7 Å². The average molecular weight is 384 g/mol. The first-order valence-electron chi connectivity index (χ1n) is 7.68. The zero-order chi connectivity index (χ0) is 17.0. The number of halogens is 1. The van der Waals surface area contributed by atoms with E-state index in [0.717, 1.165) is 17.3 Å². The fraction of sp³-hybridized carbons (Fsp3) is 0.500. The largest absolute Gasteiger partial charge is 0.490 e. The van der Waals surface area contributed by atoms with Crippen LogP contribution in [0.2, 0.25) is 0 Å². The summed E-state index contributed by atoms with van der Waals surface area (Å²) < 4.78 is 6.39. The first-order chi connectivity index (χ1) is 10.9. The number of piperidine rings is 1. The van der Waals surface area contributed by atoms with E-state index in [9.17, 15) is 9.59 Å². The number of likely N-dealkylation sites (tertiary alicyclic amines) is 1. The van der Waals surface area contributed by atoms with Crippen molar-refractivity contribution in [2.75, 3.05) is 13.1 Å². The number of nitrogens with zero attached hydrogens (tertiary/aromatic N) is 1. The van der Waals surface area contributed by atoms with Crippen LogP contribution in [0.25, 0.3) is 0 Å². The van der Waals surface area contributed by atoms with Gasteiger partial charge >= 0.3 is 0 Å². The maximum Gasteiger partial charge on any atom is 0.253 e. The van der Waals surface area contributed by atoms with Gasteiger partial charge in [0.15, 0.2) is 0 Å². The number of hydrogen-bond donors (Lipinski definition) is 2. The lowest BCUT2D eigenvalue weighted by Gasteiger charge is -2.31. The van der Waals surface area contributed by atoms with E-state index < -0.39 is 0 Å². The number of hydrazine groups is 1. The van der Waals surface area contributed by atoms with Crippen LogP contribution in [0, 0.1) is 5.92 Å². The topological polar surface area (TPSA) is 84.7 Å². The number of ether oxygens (including phenoxy) is 1. The molecule has 0 bridgehead atoms. The van der Waals surface area contributed by atoms with Gasteiger partial charge in [-0.2, -0.15) is 0 Å². The van der Waals surface area contributed by atoms with E-state index in [0.29, 0.717) is 24.4 Å². The highest BCUT2D eigenvalue weighted by Gasteiger charge is 2.28. The molecule has 1 saturated heterocycles. The molecule has 6 nitrogen and oxygen atoms in total. The van der Waals surface area contributed by atoms with Gasteiger partial charge in [0.05, 0.1) is 16.5 Å². The molecular weight excluding hydrogens is 362 g/mol. The van der Waals surface area contributed by atoms with Crippen LogP contribution in [0.3, 0.4) is 0 Å². The van der Waals surface area contributed by atoms with Gasteiger partial charge in [-0.25, -0.2) is 5.84 Å². The molecule has 1 unspecified atom stereocenters. The predicted octanol–water partition coefficient (Wildman–Crippen LogP) is 2.08. The van der Waals surface area contributed by atoms with Crippen LogP contribution in [0.4, 0.5) is 0 Å². The second-order valence-electron chi connectivity index (χ2n) is 5.91. The van der Waals surface area contributed by atoms with Crippen LogP contribution >= 0.6 is 15.9 Å². The van der Waals surface area contributed by atoms with Crippen molar-refractivity contribution in [3.63, 3.8) is 0 Å². The van der Waals surface area contributed by atoms with Crippen LogP contribution in [0.1, 0.15) is 37.0 Å². The molecular formula is C16H22BrN3O3. The normalized spacial score (nSPS) is 18.0. The minimum Gasteiger partial charge on any atom is -0.490 e. The van der Waals surface area contributed by atoms with Crippen LogP contribution in [-0.4, -0.2) is 35.9 Å². The second kappa shape index (κ2) is 7.79. The minimum atomic E-state index is -0.246. The number of hydrogen-bond acceptors (Lipinski definition) is 4. The Hall–Kier alpha value is -1.60. The van der Waals surface area contributed by atoms with E-state index in [1.165, 1.54) is 0 Å². The van der Waals surface area contributed by atoms with Gasteiger partial charge in [-0.1, -0.05) is 0 Å². The summed E-state index contributed by atoms with van der Waals surface area (Å²) in [4.78, 5) is 26.0. The number of carbonyl (C=O) groups excluding carboxylic acids is 2. The molecule has 0 aliphatic carbocycles. The zero-order valence-corrected chi connectivity index (χ0v) is 14.9. The SMILES string of the molecule is CC(C)Oc1ccc(C(=O)N2CCCC(C(=O)NN)C2)cc1Br. The summed E-state index contributed by atoms with van der Waals surface area (Å²) in [6.07, 6.45) is 1.60. The highest BCUT2D eigenvalue weighted by molar-refractivity contribution is 9.10. The molecule has 1 aromatic rings. The fourth-order valence-electron chi connectivity index (χ4n) is 2.66. The Morgan fingerprint density at radius 1 is 1.43 bits per heavy atom. The lowest BCUT2D eigenvalue weighted by Crippen LogP contribution is -2.47. The van der Waals surface area contributed by atoms with Crippen molar-refractivity contribution in [3.8, 4) is 5.75 Å². The lowest BCUT2D eigenvalue weighted by molar-refractivity contribution is -0.126. The standard InChI is InChI=1S/C16H22BrN3O3/c1-10(2)23-14-6-5-11(8-13(14)17)16(22)20-7-3-4-12(9-20)15(21)19-18/h5-6,8,10,12H,3-4,7,9,18H2,1-2H3,(H,19,21). The minimum absolute atomic E-state index is 0.0606. The Morgan fingerprint density at radius 2 is 2.17 bits per heavy atom. The van der Waals surface area contributed by atoms with Crippen LogP contribution in [0.5, 0.6) is 5.75 Å². The molecule has 2 rings (SSSR count). The van der Waals surface area contributed by atoms with Crippen molar-refractivity contribution in [1.82, 2.24) is 10.3 Å². The molecule has 126 valence electrons. The number of benzene rings is 1. The van der Waals surface area contributed by atoms with Crippen molar-refractivity contribution in [2.24, 2.45) is 11.8 Å². The summed E-state index contributed by atoms with van der Waals surface area (Å²) in [5.74, 6) is 5.34. The van der Waals surface area contributed by atoms with E-state index in [-0.39, 0.29) is 23.8 Å². The molecule has 0 radical (unpaired) electrons. The zero-order valence-electron chi connectivity index (χ0n) is 13.3. The van der Waals surface area contributed by atoms with E-state index in [4.69, 9.17) is 10.6 Å². The number of rotatable bonds is 4. The third-order valence-corrected chi connectivity index (χ3v) is 4.38. The third-order valence-electron chi connectivity index (χ3n) is 3.76. The van der Waals surface area contributed by atoms with Crippen molar-refractivity contribution >= 4 is 27.7 Å². The highest BCUT2D eigenvalue weighted by Crippen LogP contribution is 2.28. The van der Waals surface area contributed by atoms with Gasteiger partial charge in [-0.05, 0) is 60.8 Å². The van der Waals surface area contributed by atoms with Gasteiger partial charge in [0.1, 0.15) is 5.75 Å². The van der Waals surface area contributed by atoms with Gasteiger partial charge in [-0.3, -0.25) is 15.0 Å². The Bertz CT molecular complexity index is 592. The molecule has 1 aromatic carbocycles. The maximum absolute atomic E-state index is 12.6. The average Bonchev–Trinajstić information content (AvgIpc) is 2.55. The van der Waals surface area contributed by atoms with Crippen LogP contribution in [-0.2, 0) is 4.79 Å². The quantitative estimate of drug-likeness (QED) is 0.473. The van der Waals surface area contributed by atoms with Crippen molar-refractivity contribution in [3.05, 3.63) is 28.2 Å². The molecule has 1 aliphatic rings. The molecule has 1 heterocycles. The summed E-state index contributed by atoms with van der Waals surface area (Å²) >= 11 is 3.44. The summed E-state index contributed by atoms with van der Waals surface area (Å²) in [5, 5.41) is 0. The first-order valence-corrected chi connectivity index (χ1v) is 8.47. The van der Waals surface area contributed by atoms with Crippen molar-refractivity contribution in [2.45, 2.75) is 32.8 Å². The van der Waals surface area contributed by atoms with Gasteiger partial charge < -0.3 is 9.64 Å². The molecule has 0 spiro atoms. The number of nitrogens with two attached hydrogens (primary N) is 1. The Morgan fingerprint density at radius 3 is 2.78 bits per heavy atom. The summed E-state index contributed by atoms with van der Waals surface area (Å²) in [6.45, 7) is 4.93. The molecule has 1 atom stereocenters. The molecule has 1 aliphatic heterocycles. The summed E-state index contributed by atoms with van der Waals surface area (Å²) in [5.41, 5.74) is 2.74. The van der Waals surface area contributed by atoms with Crippen LogP contribution < -0.4 is 16.0 Å². The van der Waals surface area contributed by atoms with Crippen molar-refractivity contribution in [1.29, 1.82) is 0 Å². The van der Waals surface area contributed by atoms with Gasteiger partial charge in [0.2, 0.25) is 5.91 Å². The molecule has 3 N–H and O–H groups in total. The van der Waals surface area contributed by atoms with E-state index in [1.54, 1.807) is 23.1 Å². The van der Waals surface area contributed by atoms with Gasteiger partial charge in [0, 0.05) is 18.7 Å². The third kappa shape index (κ3) is 4.45. The molecule has 1 fully saturated rings. The smallest absolute Gasteiger partial charge is 0.253 e. The summed E-state index contributed by atoms with van der Waals surface area (Å²) in [6, 6.07) is 5.29. The molecule has 23 heavy (non-hydrogen) atoms. The fourth-order valence-corrected chi connectivity index (χ4v) is 3.13. The maximum atomic E-state index is 12.6. The molecule has 0 saturated carbocycles. The van der Waals surface area contributed by atoms with E-state index in [1.807, 2.05) is 13.8 Å².